The highest BCUT2D eigenvalue weighted by atomic mass is 16.5. The number of hydrogen-bond acceptors (Lipinski definition) is 3. The van der Waals surface area contributed by atoms with Gasteiger partial charge in [0, 0.05) is 12.6 Å². The van der Waals surface area contributed by atoms with Crippen LogP contribution in [0, 0.1) is 17.8 Å². The Morgan fingerprint density at radius 3 is 2.63 bits per heavy atom. The fourth-order valence-corrected chi connectivity index (χ4v) is 4.76. The topological polar surface area (TPSA) is 47.3 Å². The molecule has 3 heteroatoms. The minimum absolute atomic E-state index is 0.248. The van der Waals surface area contributed by atoms with Gasteiger partial charge in [-0.3, -0.25) is 11.3 Å². The molecule has 0 radical (unpaired) electrons. The third kappa shape index (κ3) is 2.84. The van der Waals surface area contributed by atoms with Gasteiger partial charge >= 0.3 is 0 Å². The van der Waals surface area contributed by atoms with Crippen molar-refractivity contribution in [3.63, 3.8) is 0 Å². The van der Waals surface area contributed by atoms with Crippen molar-refractivity contribution >= 4 is 0 Å². The number of nitrogens with one attached hydrogen (secondary N) is 1. The van der Waals surface area contributed by atoms with E-state index in [2.05, 4.69) is 12.3 Å². The Bertz CT molecular complexity index is 303. The predicted octanol–water partition coefficient (Wildman–Crippen LogP) is 2.99. The first-order chi connectivity index (χ1) is 9.22. The van der Waals surface area contributed by atoms with E-state index in [4.69, 9.17) is 10.6 Å². The molecule has 3 fully saturated rings. The van der Waals surface area contributed by atoms with Crippen molar-refractivity contribution in [1.82, 2.24) is 5.43 Å². The Kier molecular flexibility index (Phi) is 4.16. The van der Waals surface area contributed by atoms with Gasteiger partial charge < -0.3 is 4.74 Å². The highest BCUT2D eigenvalue weighted by Gasteiger charge is 2.45. The van der Waals surface area contributed by atoms with Gasteiger partial charge in [-0.1, -0.05) is 19.8 Å². The molecule has 0 bridgehead atoms. The van der Waals surface area contributed by atoms with Gasteiger partial charge in [-0.25, -0.2) is 0 Å². The van der Waals surface area contributed by atoms with Crippen molar-refractivity contribution in [3.05, 3.63) is 0 Å². The number of rotatable bonds is 3. The molecule has 110 valence electrons. The molecule has 2 aliphatic carbocycles. The minimum atomic E-state index is 0.248. The lowest BCUT2D eigenvalue weighted by molar-refractivity contribution is -0.149. The first-order valence-electron chi connectivity index (χ1n) is 8.32. The summed E-state index contributed by atoms with van der Waals surface area (Å²) in [6.45, 7) is 3.35. The largest absolute Gasteiger partial charge is 0.375 e. The molecule has 1 heterocycles. The third-order valence-electron chi connectivity index (χ3n) is 5.98. The highest BCUT2D eigenvalue weighted by Crippen LogP contribution is 2.46. The van der Waals surface area contributed by atoms with Crippen molar-refractivity contribution in [2.75, 3.05) is 6.61 Å². The Hall–Kier alpha value is -0.120. The smallest absolute Gasteiger partial charge is 0.0685 e. The van der Waals surface area contributed by atoms with Gasteiger partial charge in [0.05, 0.1) is 5.60 Å². The van der Waals surface area contributed by atoms with Crippen LogP contribution in [0.1, 0.15) is 64.7 Å². The minimum Gasteiger partial charge on any atom is -0.375 e. The maximum absolute atomic E-state index is 6.07. The van der Waals surface area contributed by atoms with Gasteiger partial charge in [-0.05, 0) is 62.7 Å². The summed E-state index contributed by atoms with van der Waals surface area (Å²) in [5.74, 6) is 8.34. The lowest BCUT2D eigenvalue weighted by atomic mass is 9.67. The van der Waals surface area contributed by atoms with Crippen LogP contribution in [0.3, 0.4) is 0 Å². The lowest BCUT2D eigenvalue weighted by Crippen LogP contribution is -2.54. The summed E-state index contributed by atoms with van der Waals surface area (Å²) >= 11 is 0. The van der Waals surface area contributed by atoms with Gasteiger partial charge in [0.2, 0.25) is 0 Å². The zero-order valence-corrected chi connectivity index (χ0v) is 12.4. The summed E-state index contributed by atoms with van der Waals surface area (Å²) in [5.41, 5.74) is 3.44. The lowest BCUT2D eigenvalue weighted by Gasteiger charge is -2.50. The first kappa shape index (κ1) is 13.8. The molecule has 19 heavy (non-hydrogen) atoms. The van der Waals surface area contributed by atoms with E-state index in [-0.39, 0.29) is 5.60 Å². The van der Waals surface area contributed by atoms with Gasteiger partial charge in [-0.15, -0.1) is 0 Å². The maximum atomic E-state index is 6.07. The number of ether oxygens (including phenoxy) is 1. The van der Waals surface area contributed by atoms with Crippen LogP contribution in [0.15, 0.2) is 0 Å². The molecular formula is C16H30N2O. The zero-order valence-electron chi connectivity index (χ0n) is 12.4. The van der Waals surface area contributed by atoms with Crippen LogP contribution in [-0.4, -0.2) is 18.2 Å². The fraction of sp³-hybridized carbons (Fsp3) is 1.00. The summed E-state index contributed by atoms with van der Waals surface area (Å²) in [5, 5.41) is 0. The van der Waals surface area contributed by atoms with E-state index in [9.17, 15) is 0 Å². The number of nitrogens with two attached hydrogens (primary N) is 1. The summed E-state index contributed by atoms with van der Waals surface area (Å²) in [6, 6.07) is 0.518. The third-order valence-corrected chi connectivity index (χ3v) is 5.98. The molecule has 2 saturated carbocycles. The van der Waals surface area contributed by atoms with Crippen molar-refractivity contribution in [2.45, 2.75) is 76.4 Å². The standard InChI is InChI=1S/C16H30N2O/c1-12-4-2-5-13(10-12)15(18-17)14-6-9-19-16(11-14)7-3-8-16/h12-15,18H,2-11,17H2,1H3. The molecule has 1 saturated heterocycles. The average molecular weight is 266 g/mol. The van der Waals surface area contributed by atoms with Crippen LogP contribution in [0.2, 0.25) is 0 Å². The number of hydrazine groups is 1. The van der Waals surface area contributed by atoms with Crippen molar-refractivity contribution in [2.24, 2.45) is 23.6 Å². The number of hydrogen-bond donors (Lipinski definition) is 2. The molecule has 3 aliphatic rings. The Morgan fingerprint density at radius 2 is 2.00 bits per heavy atom. The second-order valence-corrected chi connectivity index (χ2v) is 7.36. The van der Waals surface area contributed by atoms with E-state index in [0.29, 0.717) is 6.04 Å². The molecule has 0 aromatic rings. The molecule has 0 amide bonds. The first-order valence-corrected chi connectivity index (χ1v) is 8.32. The van der Waals surface area contributed by atoms with Crippen molar-refractivity contribution in [1.29, 1.82) is 0 Å². The maximum Gasteiger partial charge on any atom is 0.0685 e. The second kappa shape index (κ2) is 5.71. The average Bonchev–Trinajstić information content (AvgIpc) is 2.38. The summed E-state index contributed by atoms with van der Waals surface area (Å²) in [7, 11) is 0. The van der Waals surface area contributed by atoms with E-state index >= 15 is 0 Å². The van der Waals surface area contributed by atoms with Crippen LogP contribution in [-0.2, 0) is 4.74 Å². The Labute approximate surface area is 117 Å². The summed E-state index contributed by atoms with van der Waals surface area (Å²) in [6.07, 6.45) is 11.9. The van der Waals surface area contributed by atoms with Crippen LogP contribution in [0.5, 0.6) is 0 Å². The summed E-state index contributed by atoms with van der Waals surface area (Å²) < 4.78 is 6.07. The molecule has 3 rings (SSSR count). The Morgan fingerprint density at radius 1 is 1.16 bits per heavy atom. The molecule has 4 atom stereocenters. The molecule has 3 N–H and O–H groups in total. The Balaban J connectivity index is 1.64. The SMILES string of the molecule is CC1CCCC(C(NN)C2CCOC3(CCC3)C2)C1. The predicted molar refractivity (Wildman–Crippen MR) is 77.5 cm³/mol. The van der Waals surface area contributed by atoms with Gasteiger partial charge in [0.1, 0.15) is 0 Å². The van der Waals surface area contributed by atoms with Crippen LogP contribution < -0.4 is 11.3 Å². The molecule has 1 spiro atoms. The molecule has 3 nitrogen and oxygen atoms in total. The normalized spacial score (nSPS) is 39.8. The quantitative estimate of drug-likeness (QED) is 0.610. The van der Waals surface area contributed by atoms with Crippen LogP contribution >= 0.6 is 0 Å². The molecule has 4 unspecified atom stereocenters. The van der Waals surface area contributed by atoms with E-state index in [1.807, 2.05) is 0 Å². The van der Waals surface area contributed by atoms with Gasteiger partial charge in [0.25, 0.3) is 0 Å². The van der Waals surface area contributed by atoms with Crippen LogP contribution in [0.4, 0.5) is 0 Å². The van der Waals surface area contributed by atoms with Gasteiger partial charge in [-0.2, -0.15) is 0 Å². The van der Waals surface area contributed by atoms with Crippen LogP contribution in [0.25, 0.3) is 0 Å². The van der Waals surface area contributed by atoms with E-state index < -0.39 is 0 Å². The van der Waals surface area contributed by atoms with Crippen molar-refractivity contribution < 1.29 is 4.74 Å². The second-order valence-electron chi connectivity index (χ2n) is 7.36. The molecule has 0 aromatic carbocycles. The fourth-order valence-electron chi connectivity index (χ4n) is 4.76. The van der Waals surface area contributed by atoms with Crippen molar-refractivity contribution in [3.8, 4) is 0 Å². The van der Waals surface area contributed by atoms with E-state index in [0.717, 1.165) is 24.4 Å². The van der Waals surface area contributed by atoms with Gasteiger partial charge in [0.15, 0.2) is 0 Å². The molecular weight excluding hydrogens is 236 g/mol. The van der Waals surface area contributed by atoms with E-state index in [1.165, 1.54) is 57.8 Å². The monoisotopic (exact) mass is 266 g/mol. The highest BCUT2D eigenvalue weighted by molar-refractivity contribution is 4.98. The zero-order chi connectivity index (χ0) is 13.3. The molecule has 0 aromatic heterocycles. The van der Waals surface area contributed by atoms with E-state index in [1.54, 1.807) is 0 Å². The molecule has 1 aliphatic heterocycles. The summed E-state index contributed by atoms with van der Waals surface area (Å²) in [4.78, 5) is 0.